The molecule has 1 atom stereocenters. The number of benzene rings is 1. The van der Waals surface area contributed by atoms with Crippen molar-refractivity contribution in [2.75, 3.05) is 5.32 Å². The lowest BCUT2D eigenvalue weighted by Crippen LogP contribution is -2.42. The Labute approximate surface area is 141 Å². The first-order valence-electron chi connectivity index (χ1n) is 8.66. The molecular weight excluding hydrogens is 304 g/mol. The zero-order valence-corrected chi connectivity index (χ0v) is 14.0. The van der Waals surface area contributed by atoms with Gasteiger partial charge in [0.25, 0.3) is 0 Å². The fraction of sp³-hybridized carbons (Fsp3) is 0.500. The first-order chi connectivity index (χ1) is 11.6. The van der Waals surface area contributed by atoms with Gasteiger partial charge in [0.1, 0.15) is 11.6 Å². The van der Waals surface area contributed by atoms with Gasteiger partial charge < -0.3 is 15.6 Å². The summed E-state index contributed by atoms with van der Waals surface area (Å²) in [5.41, 5.74) is 2.22. The number of hydrogen-bond donors (Lipinski definition) is 3. The van der Waals surface area contributed by atoms with Gasteiger partial charge in [-0.05, 0) is 37.8 Å². The Morgan fingerprint density at radius 1 is 1.29 bits per heavy atom. The van der Waals surface area contributed by atoms with E-state index in [1.807, 2.05) is 12.1 Å². The van der Waals surface area contributed by atoms with Gasteiger partial charge in [-0.3, -0.25) is 9.59 Å². The number of aromatic amines is 1. The second-order valence-corrected chi connectivity index (χ2v) is 6.59. The van der Waals surface area contributed by atoms with Crippen LogP contribution >= 0.6 is 0 Å². The van der Waals surface area contributed by atoms with Crippen LogP contribution in [-0.2, 0) is 9.59 Å². The molecule has 6 nitrogen and oxygen atoms in total. The number of nitrogens with one attached hydrogen (secondary N) is 3. The summed E-state index contributed by atoms with van der Waals surface area (Å²) >= 11 is 0. The highest BCUT2D eigenvalue weighted by molar-refractivity contribution is 6.02. The zero-order valence-electron chi connectivity index (χ0n) is 14.0. The summed E-state index contributed by atoms with van der Waals surface area (Å²) in [6, 6.07) is 4.98. The number of nitrogens with zero attached hydrogens (tertiary/aromatic N) is 1. The van der Waals surface area contributed by atoms with Gasteiger partial charge in [0.15, 0.2) is 0 Å². The smallest absolute Gasteiger partial charge is 0.246 e. The SMILES string of the molecule is CC(NC(=O)CC1CCCCC1)C(=O)Nc1cccc2[nH]cnc12. The third kappa shape index (κ3) is 3.93. The third-order valence-electron chi connectivity index (χ3n) is 4.68. The highest BCUT2D eigenvalue weighted by Gasteiger charge is 2.21. The maximum absolute atomic E-state index is 12.3. The molecule has 0 spiro atoms. The van der Waals surface area contributed by atoms with E-state index in [0.29, 0.717) is 23.5 Å². The fourth-order valence-corrected chi connectivity index (χ4v) is 3.33. The van der Waals surface area contributed by atoms with E-state index < -0.39 is 6.04 Å². The van der Waals surface area contributed by atoms with Crippen molar-refractivity contribution in [3.63, 3.8) is 0 Å². The lowest BCUT2D eigenvalue weighted by Gasteiger charge is -2.22. The molecule has 0 saturated heterocycles. The molecule has 1 unspecified atom stereocenters. The fourth-order valence-electron chi connectivity index (χ4n) is 3.33. The molecule has 1 aliphatic carbocycles. The van der Waals surface area contributed by atoms with Crippen molar-refractivity contribution in [2.24, 2.45) is 5.92 Å². The number of para-hydroxylation sites is 1. The van der Waals surface area contributed by atoms with Gasteiger partial charge in [0.05, 0.1) is 17.5 Å². The van der Waals surface area contributed by atoms with E-state index in [9.17, 15) is 9.59 Å². The van der Waals surface area contributed by atoms with E-state index in [0.717, 1.165) is 18.4 Å². The molecular formula is C18H24N4O2. The Balaban J connectivity index is 1.54. The predicted octanol–water partition coefficient (Wildman–Crippen LogP) is 2.98. The zero-order chi connectivity index (χ0) is 16.9. The molecule has 1 aromatic carbocycles. The van der Waals surface area contributed by atoms with Crippen molar-refractivity contribution < 1.29 is 9.59 Å². The monoisotopic (exact) mass is 328 g/mol. The number of imidazole rings is 1. The number of H-pyrrole nitrogens is 1. The number of aromatic nitrogens is 2. The summed E-state index contributed by atoms with van der Waals surface area (Å²) in [5.74, 6) is 0.192. The number of fused-ring (bicyclic) bond motifs is 1. The molecule has 1 saturated carbocycles. The lowest BCUT2D eigenvalue weighted by molar-refractivity contribution is -0.126. The summed E-state index contributed by atoms with van der Waals surface area (Å²) in [6.07, 6.45) is 8.05. The summed E-state index contributed by atoms with van der Waals surface area (Å²) in [7, 11) is 0. The van der Waals surface area contributed by atoms with Gasteiger partial charge in [-0.15, -0.1) is 0 Å². The van der Waals surface area contributed by atoms with Crippen molar-refractivity contribution in [3.05, 3.63) is 24.5 Å². The molecule has 0 bridgehead atoms. The molecule has 1 aromatic heterocycles. The number of hydrogen-bond acceptors (Lipinski definition) is 3. The summed E-state index contributed by atoms with van der Waals surface area (Å²) < 4.78 is 0. The average Bonchev–Trinajstić information content (AvgIpc) is 3.05. The second kappa shape index (κ2) is 7.47. The Bertz CT molecular complexity index is 719. The molecule has 3 N–H and O–H groups in total. The average molecular weight is 328 g/mol. The largest absolute Gasteiger partial charge is 0.345 e. The minimum atomic E-state index is -0.574. The van der Waals surface area contributed by atoms with E-state index in [-0.39, 0.29) is 11.8 Å². The first-order valence-corrected chi connectivity index (χ1v) is 8.66. The summed E-state index contributed by atoms with van der Waals surface area (Å²) in [4.78, 5) is 31.7. The highest BCUT2D eigenvalue weighted by atomic mass is 16.2. The molecule has 128 valence electrons. The number of anilines is 1. The van der Waals surface area contributed by atoms with Crippen LogP contribution in [0.15, 0.2) is 24.5 Å². The Kier molecular flexibility index (Phi) is 5.13. The molecule has 1 heterocycles. The van der Waals surface area contributed by atoms with E-state index in [2.05, 4.69) is 20.6 Å². The van der Waals surface area contributed by atoms with Gasteiger partial charge in [0.2, 0.25) is 11.8 Å². The van der Waals surface area contributed by atoms with Crippen molar-refractivity contribution in [2.45, 2.75) is 51.5 Å². The second-order valence-electron chi connectivity index (χ2n) is 6.59. The van der Waals surface area contributed by atoms with Crippen molar-refractivity contribution in [3.8, 4) is 0 Å². The van der Waals surface area contributed by atoms with E-state index in [4.69, 9.17) is 0 Å². The highest BCUT2D eigenvalue weighted by Crippen LogP contribution is 2.26. The molecule has 1 fully saturated rings. The molecule has 0 aliphatic heterocycles. The van der Waals surface area contributed by atoms with Crippen molar-refractivity contribution in [1.29, 1.82) is 0 Å². The Morgan fingerprint density at radius 2 is 2.08 bits per heavy atom. The van der Waals surface area contributed by atoms with Crippen LogP contribution in [0, 0.1) is 5.92 Å². The van der Waals surface area contributed by atoms with Crippen LogP contribution in [0.2, 0.25) is 0 Å². The maximum atomic E-state index is 12.3. The van der Waals surface area contributed by atoms with Gasteiger partial charge in [-0.25, -0.2) is 4.98 Å². The van der Waals surface area contributed by atoms with Crippen LogP contribution in [0.3, 0.4) is 0 Å². The number of carbonyl (C=O) groups excluding carboxylic acids is 2. The first kappa shape index (κ1) is 16.5. The molecule has 2 aromatic rings. The van der Waals surface area contributed by atoms with Crippen LogP contribution < -0.4 is 10.6 Å². The summed E-state index contributed by atoms with van der Waals surface area (Å²) in [6.45, 7) is 1.71. The van der Waals surface area contributed by atoms with Crippen LogP contribution in [0.4, 0.5) is 5.69 Å². The third-order valence-corrected chi connectivity index (χ3v) is 4.68. The molecule has 24 heavy (non-hydrogen) atoms. The van der Waals surface area contributed by atoms with Gasteiger partial charge >= 0.3 is 0 Å². The lowest BCUT2D eigenvalue weighted by atomic mass is 9.87. The Morgan fingerprint density at radius 3 is 2.88 bits per heavy atom. The molecule has 6 heteroatoms. The predicted molar refractivity (Wildman–Crippen MR) is 93.5 cm³/mol. The van der Waals surface area contributed by atoms with E-state index >= 15 is 0 Å². The van der Waals surface area contributed by atoms with E-state index in [1.54, 1.807) is 19.3 Å². The Hall–Kier alpha value is -2.37. The standard InChI is InChI=1S/C18H24N4O2/c1-12(21-16(23)10-13-6-3-2-4-7-13)18(24)22-15-9-5-8-14-17(15)20-11-19-14/h5,8-9,11-13H,2-4,6-7,10H2,1H3,(H,19,20)(H,21,23)(H,22,24). The maximum Gasteiger partial charge on any atom is 0.246 e. The summed E-state index contributed by atoms with van der Waals surface area (Å²) in [5, 5.41) is 5.65. The van der Waals surface area contributed by atoms with Crippen LogP contribution in [-0.4, -0.2) is 27.8 Å². The van der Waals surface area contributed by atoms with Crippen molar-refractivity contribution in [1.82, 2.24) is 15.3 Å². The number of carbonyl (C=O) groups is 2. The van der Waals surface area contributed by atoms with Gasteiger partial charge in [-0.1, -0.05) is 25.3 Å². The van der Waals surface area contributed by atoms with E-state index in [1.165, 1.54) is 19.3 Å². The van der Waals surface area contributed by atoms with Crippen LogP contribution in [0.5, 0.6) is 0 Å². The minimum absolute atomic E-state index is 0.0393. The van der Waals surface area contributed by atoms with Gasteiger partial charge in [0, 0.05) is 6.42 Å². The topological polar surface area (TPSA) is 86.9 Å². The number of rotatable bonds is 5. The normalized spacial score (nSPS) is 16.7. The molecule has 2 amide bonds. The van der Waals surface area contributed by atoms with Crippen molar-refractivity contribution >= 4 is 28.5 Å². The minimum Gasteiger partial charge on any atom is -0.345 e. The molecule has 3 rings (SSSR count). The van der Waals surface area contributed by atoms with Crippen LogP contribution in [0.25, 0.3) is 11.0 Å². The molecule has 0 radical (unpaired) electrons. The van der Waals surface area contributed by atoms with Crippen LogP contribution in [0.1, 0.15) is 45.4 Å². The quantitative estimate of drug-likeness (QED) is 0.788. The van der Waals surface area contributed by atoms with Gasteiger partial charge in [-0.2, -0.15) is 0 Å². The number of amides is 2. The molecule has 1 aliphatic rings.